The summed E-state index contributed by atoms with van der Waals surface area (Å²) >= 11 is 0. The topological polar surface area (TPSA) is 32.6 Å². The van der Waals surface area contributed by atoms with E-state index in [9.17, 15) is 0 Å². The monoisotopic (exact) mass is 169 g/mol. The molecule has 12 heavy (non-hydrogen) atoms. The van der Waals surface area contributed by atoms with Crippen LogP contribution in [0, 0.1) is 11.3 Å². The van der Waals surface area contributed by atoms with Gasteiger partial charge in [-0.1, -0.05) is 25.9 Å². The van der Waals surface area contributed by atoms with E-state index in [1.54, 1.807) is 0 Å². The molecule has 2 heteroatoms. The Hall–Kier alpha value is -0.530. The molecule has 0 aromatic rings. The Morgan fingerprint density at radius 2 is 2.17 bits per heavy atom. The summed E-state index contributed by atoms with van der Waals surface area (Å²) in [6.07, 6.45) is 4.34. The standard InChI is InChI=1S/C10H19NO/c1-8-4-5-9(11-12)7-10(2,3)6-8/h8,12H,4-7H2,1-3H3. The van der Waals surface area contributed by atoms with Crippen LogP contribution in [0.4, 0.5) is 0 Å². The Morgan fingerprint density at radius 1 is 1.50 bits per heavy atom. The molecule has 0 amide bonds. The summed E-state index contributed by atoms with van der Waals surface area (Å²) in [5.41, 5.74) is 1.29. The highest BCUT2D eigenvalue weighted by Gasteiger charge is 2.27. The minimum Gasteiger partial charge on any atom is -0.411 e. The van der Waals surface area contributed by atoms with Gasteiger partial charge < -0.3 is 5.21 Å². The molecule has 1 N–H and O–H groups in total. The molecule has 0 heterocycles. The zero-order valence-corrected chi connectivity index (χ0v) is 8.30. The minimum atomic E-state index is 0.317. The highest BCUT2D eigenvalue weighted by Crippen LogP contribution is 2.35. The number of rotatable bonds is 0. The van der Waals surface area contributed by atoms with Gasteiger partial charge in [-0.05, 0) is 37.0 Å². The van der Waals surface area contributed by atoms with Crippen LogP contribution in [0.25, 0.3) is 0 Å². The van der Waals surface area contributed by atoms with Crippen LogP contribution < -0.4 is 0 Å². The second kappa shape index (κ2) is 3.46. The third kappa shape index (κ3) is 2.50. The highest BCUT2D eigenvalue weighted by molar-refractivity contribution is 5.84. The average Bonchev–Trinajstić information content (AvgIpc) is 2.07. The van der Waals surface area contributed by atoms with Crippen LogP contribution in [0.2, 0.25) is 0 Å². The zero-order valence-electron chi connectivity index (χ0n) is 8.30. The molecule has 0 aromatic heterocycles. The van der Waals surface area contributed by atoms with Crippen LogP contribution in [-0.4, -0.2) is 10.9 Å². The fourth-order valence-corrected chi connectivity index (χ4v) is 2.26. The summed E-state index contributed by atoms with van der Waals surface area (Å²) in [6.45, 7) is 6.78. The molecular formula is C10H19NO. The fraction of sp³-hybridized carbons (Fsp3) is 0.900. The van der Waals surface area contributed by atoms with Gasteiger partial charge in [-0.25, -0.2) is 0 Å². The number of nitrogens with zero attached hydrogens (tertiary/aromatic N) is 1. The first-order valence-electron chi connectivity index (χ1n) is 4.73. The van der Waals surface area contributed by atoms with Crippen LogP contribution in [0.3, 0.4) is 0 Å². The smallest absolute Gasteiger partial charge is 0.0576 e. The van der Waals surface area contributed by atoms with E-state index in [1.807, 2.05) is 0 Å². The van der Waals surface area contributed by atoms with Gasteiger partial charge in [0.2, 0.25) is 0 Å². The normalized spacial score (nSPS) is 33.2. The Kier molecular flexibility index (Phi) is 2.76. The highest BCUT2D eigenvalue weighted by atomic mass is 16.4. The van der Waals surface area contributed by atoms with Crippen molar-refractivity contribution >= 4 is 5.71 Å². The molecule has 0 radical (unpaired) electrons. The van der Waals surface area contributed by atoms with Crippen LogP contribution in [0.15, 0.2) is 5.16 Å². The van der Waals surface area contributed by atoms with Crippen LogP contribution in [0.1, 0.15) is 46.5 Å². The lowest BCUT2D eigenvalue weighted by atomic mass is 9.81. The summed E-state index contributed by atoms with van der Waals surface area (Å²) in [6, 6.07) is 0. The van der Waals surface area contributed by atoms with Gasteiger partial charge in [0.1, 0.15) is 0 Å². The molecule has 1 saturated carbocycles. The van der Waals surface area contributed by atoms with Crippen molar-refractivity contribution in [3.63, 3.8) is 0 Å². The largest absolute Gasteiger partial charge is 0.411 e. The summed E-state index contributed by atoms with van der Waals surface area (Å²) in [5, 5.41) is 12.1. The van der Waals surface area contributed by atoms with E-state index >= 15 is 0 Å². The van der Waals surface area contributed by atoms with E-state index in [0.717, 1.165) is 24.5 Å². The second-order valence-corrected chi connectivity index (χ2v) is 4.86. The maximum Gasteiger partial charge on any atom is 0.0576 e. The summed E-state index contributed by atoms with van der Waals surface area (Å²) < 4.78 is 0. The van der Waals surface area contributed by atoms with Gasteiger partial charge in [0.25, 0.3) is 0 Å². The van der Waals surface area contributed by atoms with Gasteiger partial charge >= 0.3 is 0 Å². The quantitative estimate of drug-likeness (QED) is 0.337. The van der Waals surface area contributed by atoms with Crippen molar-refractivity contribution in [2.24, 2.45) is 16.5 Å². The first-order valence-corrected chi connectivity index (χ1v) is 4.73. The molecule has 0 saturated heterocycles. The van der Waals surface area contributed by atoms with Gasteiger partial charge in [0.05, 0.1) is 5.71 Å². The molecule has 1 rings (SSSR count). The molecule has 1 unspecified atom stereocenters. The molecule has 1 fully saturated rings. The molecule has 0 bridgehead atoms. The van der Waals surface area contributed by atoms with Gasteiger partial charge in [0.15, 0.2) is 0 Å². The number of oxime groups is 1. The summed E-state index contributed by atoms with van der Waals surface area (Å²) in [7, 11) is 0. The Morgan fingerprint density at radius 3 is 2.75 bits per heavy atom. The van der Waals surface area contributed by atoms with Crippen molar-refractivity contribution in [1.29, 1.82) is 0 Å². The third-order valence-electron chi connectivity index (χ3n) is 2.65. The molecule has 1 aliphatic carbocycles. The lowest BCUT2D eigenvalue weighted by Crippen LogP contribution is -2.15. The Bertz CT molecular complexity index is 184. The molecule has 70 valence electrons. The van der Waals surface area contributed by atoms with Crippen LogP contribution in [-0.2, 0) is 0 Å². The van der Waals surface area contributed by atoms with E-state index in [-0.39, 0.29) is 0 Å². The molecule has 2 nitrogen and oxygen atoms in total. The SMILES string of the molecule is CC1CCC(=NO)CC(C)(C)C1. The molecule has 1 atom stereocenters. The molecule has 0 spiro atoms. The van der Waals surface area contributed by atoms with Crippen molar-refractivity contribution in [2.75, 3.05) is 0 Å². The maximum atomic E-state index is 8.72. The first-order chi connectivity index (χ1) is 5.53. The summed E-state index contributed by atoms with van der Waals surface area (Å²) in [4.78, 5) is 0. The summed E-state index contributed by atoms with van der Waals surface area (Å²) in [5.74, 6) is 0.763. The van der Waals surface area contributed by atoms with E-state index < -0.39 is 0 Å². The van der Waals surface area contributed by atoms with Crippen molar-refractivity contribution in [3.05, 3.63) is 0 Å². The Labute approximate surface area is 74.7 Å². The predicted octanol–water partition coefficient (Wildman–Crippen LogP) is 3.05. The Balaban J connectivity index is 2.69. The molecule has 0 aliphatic heterocycles. The van der Waals surface area contributed by atoms with Crippen molar-refractivity contribution in [3.8, 4) is 0 Å². The van der Waals surface area contributed by atoms with Gasteiger partial charge in [-0.3, -0.25) is 0 Å². The minimum absolute atomic E-state index is 0.317. The van der Waals surface area contributed by atoms with E-state index in [4.69, 9.17) is 5.21 Å². The van der Waals surface area contributed by atoms with Crippen molar-refractivity contribution in [2.45, 2.75) is 46.5 Å². The van der Waals surface area contributed by atoms with E-state index in [0.29, 0.717) is 5.41 Å². The third-order valence-corrected chi connectivity index (χ3v) is 2.65. The molecular weight excluding hydrogens is 150 g/mol. The van der Waals surface area contributed by atoms with Gasteiger partial charge in [-0.2, -0.15) is 0 Å². The molecule has 0 aromatic carbocycles. The first kappa shape index (κ1) is 9.56. The number of hydrogen-bond acceptors (Lipinski definition) is 2. The van der Waals surface area contributed by atoms with E-state index in [2.05, 4.69) is 25.9 Å². The maximum absolute atomic E-state index is 8.72. The van der Waals surface area contributed by atoms with Crippen molar-refractivity contribution < 1.29 is 5.21 Å². The lowest BCUT2D eigenvalue weighted by molar-refractivity contribution is 0.287. The van der Waals surface area contributed by atoms with Crippen LogP contribution >= 0.6 is 0 Å². The zero-order chi connectivity index (χ0) is 9.19. The van der Waals surface area contributed by atoms with Crippen molar-refractivity contribution in [1.82, 2.24) is 0 Å². The molecule has 1 aliphatic rings. The number of hydrogen-bond donors (Lipinski definition) is 1. The lowest BCUT2D eigenvalue weighted by Gasteiger charge is -2.24. The van der Waals surface area contributed by atoms with Crippen LogP contribution in [0.5, 0.6) is 0 Å². The van der Waals surface area contributed by atoms with Gasteiger partial charge in [-0.15, -0.1) is 0 Å². The average molecular weight is 169 g/mol. The predicted molar refractivity (Wildman–Crippen MR) is 50.6 cm³/mol. The second-order valence-electron chi connectivity index (χ2n) is 4.86. The van der Waals surface area contributed by atoms with Gasteiger partial charge in [0, 0.05) is 0 Å². The van der Waals surface area contributed by atoms with E-state index in [1.165, 1.54) is 12.8 Å². The fourth-order valence-electron chi connectivity index (χ4n) is 2.26.